The van der Waals surface area contributed by atoms with E-state index in [2.05, 4.69) is 10.3 Å². The molecule has 0 fully saturated rings. The quantitative estimate of drug-likeness (QED) is 0.912. The molecule has 100 valence electrons. The number of benzene rings is 1. The Hall–Kier alpha value is -1.88. The molecule has 0 atom stereocenters. The molecule has 0 spiro atoms. The van der Waals surface area contributed by atoms with Gasteiger partial charge in [0.1, 0.15) is 5.75 Å². The van der Waals surface area contributed by atoms with Gasteiger partial charge in [-0.15, -0.1) is 11.3 Å². The van der Waals surface area contributed by atoms with Crippen molar-refractivity contribution >= 4 is 17.2 Å². The summed E-state index contributed by atoms with van der Waals surface area (Å²) in [6.07, 6.45) is 0.750. The Labute approximate surface area is 116 Å². The van der Waals surface area contributed by atoms with Gasteiger partial charge in [0.05, 0.1) is 17.8 Å². The molecule has 2 aromatic rings. The fourth-order valence-electron chi connectivity index (χ4n) is 1.69. The highest BCUT2D eigenvalue weighted by atomic mass is 32.1. The second-order valence-corrected chi connectivity index (χ2v) is 5.16. The molecule has 0 unspecified atom stereocenters. The molecule has 5 heteroatoms. The van der Waals surface area contributed by atoms with Crippen LogP contribution in [0, 0.1) is 6.92 Å². The zero-order valence-electron chi connectivity index (χ0n) is 11.0. The van der Waals surface area contributed by atoms with Crippen LogP contribution in [0.25, 0.3) is 0 Å². The van der Waals surface area contributed by atoms with Crippen LogP contribution in [0.1, 0.15) is 21.1 Å². The second kappa shape index (κ2) is 6.33. The van der Waals surface area contributed by atoms with Crippen molar-refractivity contribution in [2.45, 2.75) is 13.3 Å². The Morgan fingerprint density at radius 2 is 2.32 bits per heavy atom. The molecular formula is C14H16N2O2S. The van der Waals surface area contributed by atoms with Gasteiger partial charge in [-0.3, -0.25) is 4.79 Å². The summed E-state index contributed by atoms with van der Waals surface area (Å²) in [5.74, 6) is 0.591. The molecule has 1 aromatic heterocycles. The number of carbonyl (C=O) groups excluding carboxylic acids is 1. The van der Waals surface area contributed by atoms with Gasteiger partial charge in [-0.05, 0) is 25.1 Å². The molecule has 0 radical (unpaired) electrons. The van der Waals surface area contributed by atoms with Crippen LogP contribution in [0.5, 0.6) is 5.75 Å². The van der Waals surface area contributed by atoms with Crippen LogP contribution in [-0.4, -0.2) is 24.5 Å². The summed E-state index contributed by atoms with van der Waals surface area (Å²) in [4.78, 5) is 16.3. The highest BCUT2D eigenvalue weighted by Gasteiger charge is 2.06. The highest BCUT2D eigenvalue weighted by Crippen LogP contribution is 2.12. The van der Waals surface area contributed by atoms with Crippen LogP contribution in [-0.2, 0) is 6.42 Å². The van der Waals surface area contributed by atoms with Gasteiger partial charge in [0.2, 0.25) is 0 Å². The fraction of sp³-hybridized carbons (Fsp3) is 0.286. The first-order chi connectivity index (χ1) is 9.19. The Balaban J connectivity index is 1.87. The van der Waals surface area contributed by atoms with Crippen LogP contribution < -0.4 is 10.1 Å². The van der Waals surface area contributed by atoms with Crippen molar-refractivity contribution in [2.75, 3.05) is 13.7 Å². The van der Waals surface area contributed by atoms with Gasteiger partial charge in [-0.25, -0.2) is 4.98 Å². The van der Waals surface area contributed by atoms with E-state index in [0.29, 0.717) is 17.9 Å². The summed E-state index contributed by atoms with van der Waals surface area (Å²) in [6.45, 7) is 2.56. The Morgan fingerprint density at radius 1 is 1.47 bits per heavy atom. The predicted octanol–water partition coefficient (Wildman–Crippen LogP) is 2.43. The summed E-state index contributed by atoms with van der Waals surface area (Å²) >= 11 is 1.62. The number of carbonyl (C=O) groups is 1. The Morgan fingerprint density at radius 3 is 3.00 bits per heavy atom. The molecule has 4 nitrogen and oxygen atoms in total. The minimum Gasteiger partial charge on any atom is -0.497 e. The lowest BCUT2D eigenvalue weighted by atomic mass is 10.2. The van der Waals surface area contributed by atoms with E-state index in [0.717, 1.165) is 17.1 Å². The van der Waals surface area contributed by atoms with Crippen LogP contribution in [0.4, 0.5) is 0 Å². The molecule has 1 aromatic carbocycles. The van der Waals surface area contributed by atoms with Crippen LogP contribution in [0.15, 0.2) is 29.6 Å². The van der Waals surface area contributed by atoms with Crippen molar-refractivity contribution in [3.8, 4) is 5.75 Å². The van der Waals surface area contributed by atoms with E-state index >= 15 is 0 Å². The summed E-state index contributed by atoms with van der Waals surface area (Å²) in [5.41, 5.74) is 1.63. The van der Waals surface area contributed by atoms with Gasteiger partial charge in [0, 0.05) is 23.9 Å². The van der Waals surface area contributed by atoms with Gasteiger partial charge in [0.25, 0.3) is 5.91 Å². The second-order valence-electron chi connectivity index (χ2n) is 4.10. The minimum absolute atomic E-state index is 0.0918. The number of rotatable bonds is 5. The Bertz CT molecular complexity index is 566. The van der Waals surface area contributed by atoms with Crippen molar-refractivity contribution in [1.82, 2.24) is 10.3 Å². The maximum atomic E-state index is 11.9. The molecule has 1 heterocycles. The first-order valence-electron chi connectivity index (χ1n) is 6.02. The molecule has 0 aliphatic heterocycles. The number of aromatic nitrogens is 1. The number of nitrogens with zero attached hydrogens (tertiary/aromatic N) is 1. The molecule has 0 aliphatic carbocycles. The lowest BCUT2D eigenvalue weighted by Crippen LogP contribution is -2.25. The minimum atomic E-state index is -0.0918. The smallest absolute Gasteiger partial charge is 0.251 e. The number of hydrogen-bond donors (Lipinski definition) is 1. The van der Waals surface area contributed by atoms with Gasteiger partial charge >= 0.3 is 0 Å². The van der Waals surface area contributed by atoms with Crippen molar-refractivity contribution in [1.29, 1.82) is 0 Å². The summed E-state index contributed by atoms with van der Waals surface area (Å²) in [6, 6.07) is 7.11. The molecule has 0 saturated heterocycles. The number of nitrogens with one attached hydrogen (secondary N) is 1. The number of methoxy groups -OCH3 is 1. The highest BCUT2D eigenvalue weighted by molar-refractivity contribution is 7.09. The average Bonchev–Trinajstić information content (AvgIpc) is 2.84. The Kier molecular flexibility index (Phi) is 4.52. The third kappa shape index (κ3) is 3.79. The maximum absolute atomic E-state index is 11.9. The van der Waals surface area contributed by atoms with E-state index in [1.54, 1.807) is 36.6 Å². The molecule has 1 N–H and O–H groups in total. The molecule has 1 amide bonds. The van der Waals surface area contributed by atoms with Crippen molar-refractivity contribution in [2.24, 2.45) is 0 Å². The van der Waals surface area contributed by atoms with Crippen LogP contribution in [0.3, 0.4) is 0 Å². The number of thiazole rings is 1. The lowest BCUT2D eigenvalue weighted by Gasteiger charge is -2.05. The predicted molar refractivity (Wildman–Crippen MR) is 75.9 cm³/mol. The van der Waals surface area contributed by atoms with Gasteiger partial charge in [0.15, 0.2) is 0 Å². The summed E-state index contributed by atoms with van der Waals surface area (Å²) in [5, 5.41) is 5.95. The standard InChI is InChI=1S/C14H16N2O2S/c1-10-16-12(9-19-10)6-7-15-14(17)11-4-3-5-13(8-11)18-2/h3-5,8-9H,6-7H2,1-2H3,(H,15,17). The van der Waals surface area contributed by atoms with Gasteiger partial charge < -0.3 is 10.1 Å². The van der Waals surface area contributed by atoms with Crippen LogP contribution in [0.2, 0.25) is 0 Å². The molecule has 19 heavy (non-hydrogen) atoms. The first kappa shape index (κ1) is 13.5. The number of amides is 1. The third-order valence-corrected chi connectivity index (χ3v) is 3.49. The summed E-state index contributed by atoms with van der Waals surface area (Å²) in [7, 11) is 1.58. The average molecular weight is 276 g/mol. The van der Waals surface area contributed by atoms with E-state index in [1.165, 1.54) is 0 Å². The zero-order chi connectivity index (χ0) is 13.7. The monoisotopic (exact) mass is 276 g/mol. The summed E-state index contributed by atoms with van der Waals surface area (Å²) < 4.78 is 5.09. The van der Waals surface area contributed by atoms with E-state index in [-0.39, 0.29) is 5.91 Å². The molecule has 0 bridgehead atoms. The maximum Gasteiger partial charge on any atom is 0.251 e. The SMILES string of the molecule is COc1cccc(C(=O)NCCc2csc(C)n2)c1. The topological polar surface area (TPSA) is 51.2 Å². The van der Waals surface area contributed by atoms with E-state index in [1.807, 2.05) is 18.4 Å². The van der Waals surface area contributed by atoms with Gasteiger partial charge in [-0.1, -0.05) is 6.07 Å². The molecule has 2 rings (SSSR count). The molecular weight excluding hydrogens is 260 g/mol. The number of hydrogen-bond acceptors (Lipinski definition) is 4. The van der Waals surface area contributed by atoms with Gasteiger partial charge in [-0.2, -0.15) is 0 Å². The lowest BCUT2D eigenvalue weighted by molar-refractivity contribution is 0.0953. The molecule has 0 saturated carbocycles. The number of ether oxygens (including phenoxy) is 1. The first-order valence-corrected chi connectivity index (χ1v) is 6.90. The van der Waals surface area contributed by atoms with Crippen LogP contribution >= 0.6 is 11.3 Å². The third-order valence-electron chi connectivity index (χ3n) is 2.67. The van der Waals surface area contributed by atoms with Crippen molar-refractivity contribution in [3.05, 3.63) is 45.9 Å². The van der Waals surface area contributed by atoms with Crippen molar-refractivity contribution < 1.29 is 9.53 Å². The number of aryl methyl sites for hydroxylation is 1. The normalized spacial score (nSPS) is 10.2. The largest absolute Gasteiger partial charge is 0.497 e. The van der Waals surface area contributed by atoms with E-state index in [9.17, 15) is 4.79 Å². The van der Waals surface area contributed by atoms with E-state index in [4.69, 9.17) is 4.74 Å². The van der Waals surface area contributed by atoms with E-state index < -0.39 is 0 Å². The fourth-order valence-corrected chi connectivity index (χ4v) is 2.34. The van der Waals surface area contributed by atoms with Crippen molar-refractivity contribution in [3.63, 3.8) is 0 Å². The molecule has 0 aliphatic rings. The zero-order valence-corrected chi connectivity index (χ0v) is 11.8.